The largest absolute Gasteiger partial charge is 0.385 e. The highest BCUT2D eigenvalue weighted by molar-refractivity contribution is 5.75. The number of methoxy groups -OCH3 is 1. The van der Waals surface area contributed by atoms with Crippen molar-refractivity contribution in [1.82, 2.24) is 5.32 Å². The van der Waals surface area contributed by atoms with E-state index in [1.165, 1.54) is 0 Å². The highest BCUT2D eigenvalue weighted by Gasteiger charge is 2.17. The van der Waals surface area contributed by atoms with Crippen molar-refractivity contribution in [3.8, 4) is 0 Å². The van der Waals surface area contributed by atoms with Crippen LogP contribution in [0.15, 0.2) is 0 Å². The third kappa shape index (κ3) is 6.89. The summed E-state index contributed by atoms with van der Waals surface area (Å²) in [5, 5.41) is 2.94. The maximum absolute atomic E-state index is 11.2. The van der Waals surface area contributed by atoms with E-state index in [1.54, 1.807) is 7.11 Å². The zero-order valence-electron chi connectivity index (χ0n) is 9.85. The van der Waals surface area contributed by atoms with Crippen molar-refractivity contribution in [2.45, 2.75) is 40.0 Å². The van der Waals surface area contributed by atoms with Crippen molar-refractivity contribution in [3.05, 3.63) is 0 Å². The number of rotatable bonds is 7. The van der Waals surface area contributed by atoms with E-state index in [4.69, 9.17) is 4.74 Å². The normalized spacial score (nSPS) is 11.4. The molecular formula is C11H23NO2. The molecule has 0 atom stereocenters. The highest BCUT2D eigenvalue weighted by Crippen LogP contribution is 2.18. The molecule has 0 radical (unpaired) electrons. The molecule has 0 aromatic carbocycles. The van der Waals surface area contributed by atoms with Crippen LogP contribution in [0.2, 0.25) is 0 Å². The number of nitrogens with one attached hydrogen (secondary N) is 1. The quantitative estimate of drug-likeness (QED) is 0.684. The smallest absolute Gasteiger partial charge is 0.220 e. The van der Waals surface area contributed by atoms with E-state index >= 15 is 0 Å². The fraction of sp³-hybridized carbons (Fsp3) is 0.909. The van der Waals surface area contributed by atoms with E-state index in [1.807, 2.05) is 6.92 Å². The van der Waals surface area contributed by atoms with Gasteiger partial charge in [-0.3, -0.25) is 4.79 Å². The summed E-state index contributed by atoms with van der Waals surface area (Å²) in [6.45, 7) is 7.76. The summed E-state index contributed by atoms with van der Waals surface area (Å²) in [7, 11) is 1.70. The van der Waals surface area contributed by atoms with Gasteiger partial charge >= 0.3 is 0 Å². The number of hydrogen-bond donors (Lipinski definition) is 1. The molecule has 0 saturated heterocycles. The molecule has 0 fully saturated rings. The lowest BCUT2D eigenvalue weighted by molar-refractivity contribution is -0.121. The summed E-state index contributed by atoms with van der Waals surface area (Å²) in [6, 6.07) is 0. The van der Waals surface area contributed by atoms with Crippen molar-refractivity contribution in [1.29, 1.82) is 0 Å². The number of hydrogen-bond acceptors (Lipinski definition) is 2. The van der Waals surface area contributed by atoms with Gasteiger partial charge in [-0.15, -0.1) is 0 Å². The Bertz CT molecular complexity index is 167. The van der Waals surface area contributed by atoms with Gasteiger partial charge in [0, 0.05) is 26.7 Å². The van der Waals surface area contributed by atoms with Crippen molar-refractivity contribution in [2.75, 3.05) is 20.3 Å². The Labute approximate surface area is 87.2 Å². The van der Waals surface area contributed by atoms with Gasteiger partial charge in [0.15, 0.2) is 0 Å². The van der Waals surface area contributed by atoms with Crippen LogP contribution in [0.25, 0.3) is 0 Å². The highest BCUT2D eigenvalue weighted by atomic mass is 16.5. The van der Waals surface area contributed by atoms with E-state index in [0.717, 1.165) is 26.0 Å². The summed E-state index contributed by atoms with van der Waals surface area (Å²) in [5.74, 6) is 0.151. The Balaban J connectivity index is 3.68. The molecule has 1 amide bonds. The SMILES string of the molecule is CCCC(=O)NCC(C)(C)CCOC. The molecule has 3 heteroatoms. The lowest BCUT2D eigenvalue weighted by atomic mass is 9.89. The second kappa shape index (κ2) is 6.82. The van der Waals surface area contributed by atoms with Crippen LogP contribution in [0.1, 0.15) is 40.0 Å². The molecule has 0 aliphatic carbocycles. The molecule has 0 saturated carbocycles. The molecule has 0 aliphatic rings. The van der Waals surface area contributed by atoms with Crippen molar-refractivity contribution in [2.24, 2.45) is 5.41 Å². The maximum Gasteiger partial charge on any atom is 0.220 e. The zero-order valence-corrected chi connectivity index (χ0v) is 9.85. The zero-order chi connectivity index (χ0) is 11.0. The monoisotopic (exact) mass is 201 g/mol. The molecule has 0 aliphatic heterocycles. The standard InChI is InChI=1S/C11H23NO2/c1-5-6-10(13)12-9-11(2,3)7-8-14-4/h5-9H2,1-4H3,(H,12,13). The van der Waals surface area contributed by atoms with Gasteiger partial charge in [-0.2, -0.15) is 0 Å². The van der Waals surface area contributed by atoms with E-state index in [2.05, 4.69) is 19.2 Å². The molecule has 0 bridgehead atoms. The topological polar surface area (TPSA) is 38.3 Å². The van der Waals surface area contributed by atoms with Gasteiger partial charge in [-0.1, -0.05) is 20.8 Å². The molecule has 14 heavy (non-hydrogen) atoms. The van der Waals surface area contributed by atoms with Crippen molar-refractivity contribution < 1.29 is 9.53 Å². The number of ether oxygens (including phenoxy) is 1. The first-order valence-electron chi connectivity index (χ1n) is 5.27. The number of carbonyl (C=O) groups excluding carboxylic acids is 1. The lowest BCUT2D eigenvalue weighted by Crippen LogP contribution is -2.34. The van der Waals surface area contributed by atoms with Crippen LogP contribution in [0, 0.1) is 5.41 Å². The Hall–Kier alpha value is -0.570. The van der Waals surface area contributed by atoms with Crippen LogP contribution >= 0.6 is 0 Å². The second-order valence-corrected chi connectivity index (χ2v) is 4.43. The maximum atomic E-state index is 11.2. The van der Waals surface area contributed by atoms with Gasteiger partial charge in [0.25, 0.3) is 0 Å². The van der Waals surface area contributed by atoms with E-state index in [-0.39, 0.29) is 11.3 Å². The molecule has 1 N–H and O–H groups in total. The summed E-state index contributed by atoms with van der Waals surface area (Å²) in [4.78, 5) is 11.2. The first-order chi connectivity index (χ1) is 6.52. The van der Waals surface area contributed by atoms with E-state index in [9.17, 15) is 4.79 Å². The molecule has 0 spiro atoms. The van der Waals surface area contributed by atoms with E-state index in [0.29, 0.717) is 6.42 Å². The molecule has 0 heterocycles. The lowest BCUT2D eigenvalue weighted by Gasteiger charge is -2.24. The van der Waals surface area contributed by atoms with Crippen LogP contribution in [0.5, 0.6) is 0 Å². The molecule has 3 nitrogen and oxygen atoms in total. The van der Waals surface area contributed by atoms with Crippen molar-refractivity contribution >= 4 is 5.91 Å². The third-order valence-electron chi connectivity index (χ3n) is 2.22. The minimum absolute atomic E-state index is 0.124. The fourth-order valence-electron chi connectivity index (χ4n) is 1.12. The Morgan fingerprint density at radius 1 is 1.43 bits per heavy atom. The van der Waals surface area contributed by atoms with Crippen LogP contribution in [0.3, 0.4) is 0 Å². The predicted molar refractivity (Wildman–Crippen MR) is 58.2 cm³/mol. The average Bonchev–Trinajstić information content (AvgIpc) is 2.13. The summed E-state index contributed by atoms with van der Waals surface area (Å²) in [5.41, 5.74) is 0.124. The first-order valence-corrected chi connectivity index (χ1v) is 5.27. The first kappa shape index (κ1) is 13.4. The summed E-state index contributed by atoms with van der Waals surface area (Å²) < 4.78 is 5.02. The average molecular weight is 201 g/mol. The van der Waals surface area contributed by atoms with Crippen LogP contribution < -0.4 is 5.32 Å². The molecule has 84 valence electrons. The molecule has 0 aromatic rings. The van der Waals surface area contributed by atoms with Gasteiger partial charge in [-0.05, 0) is 18.3 Å². The Kier molecular flexibility index (Phi) is 6.54. The van der Waals surface area contributed by atoms with Gasteiger partial charge in [-0.25, -0.2) is 0 Å². The molecule has 0 unspecified atom stereocenters. The number of carbonyl (C=O) groups is 1. The van der Waals surface area contributed by atoms with Crippen LogP contribution in [-0.2, 0) is 9.53 Å². The second-order valence-electron chi connectivity index (χ2n) is 4.43. The van der Waals surface area contributed by atoms with Crippen LogP contribution in [-0.4, -0.2) is 26.2 Å². The Morgan fingerprint density at radius 3 is 2.57 bits per heavy atom. The Morgan fingerprint density at radius 2 is 2.07 bits per heavy atom. The summed E-state index contributed by atoms with van der Waals surface area (Å²) >= 11 is 0. The van der Waals surface area contributed by atoms with Crippen molar-refractivity contribution in [3.63, 3.8) is 0 Å². The molecule has 0 aromatic heterocycles. The fourth-order valence-corrected chi connectivity index (χ4v) is 1.12. The van der Waals surface area contributed by atoms with Gasteiger partial charge in [0.05, 0.1) is 0 Å². The molecule has 0 rings (SSSR count). The van der Waals surface area contributed by atoms with Gasteiger partial charge < -0.3 is 10.1 Å². The van der Waals surface area contributed by atoms with E-state index < -0.39 is 0 Å². The minimum atomic E-state index is 0.124. The predicted octanol–water partition coefficient (Wildman–Crippen LogP) is 1.97. The van der Waals surface area contributed by atoms with Gasteiger partial charge in [0.1, 0.15) is 0 Å². The summed E-state index contributed by atoms with van der Waals surface area (Å²) in [6.07, 6.45) is 2.50. The third-order valence-corrected chi connectivity index (χ3v) is 2.22. The molecular weight excluding hydrogens is 178 g/mol. The van der Waals surface area contributed by atoms with Crippen LogP contribution in [0.4, 0.5) is 0 Å². The number of amides is 1. The van der Waals surface area contributed by atoms with Gasteiger partial charge in [0.2, 0.25) is 5.91 Å². The minimum Gasteiger partial charge on any atom is -0.385 e.